The van der Waals surface area contributed by atoms with Crippen LogP contribution in [0.3, 0.4) is 0 Å². The number of alkyl halides is 4. The van der Waals surface area contributed by atoms with Gasteiger partial charge < -0.3 is 14.8 Å². The average molecular weight is 406 g/mol. The van der Waals surface area contributed by atoms with E-state index in [2.05, 4.69) is 4.74 Å². The van der Waals surface area contributed by atoms with Crippen LogP contribution in [0.25, 0.3) is 0 Å². The Kier molecular flexibility index (Phi) is 5.83. The number of carbonyl (C=O) groups excluding carboxylic acids is 1. The maximum Gasteiger partial charge on any atom is 0.458 e. The molecule has 7 nitrogen and oxygen atoms in total. The van der Waals surface area contributed by atoms with Gasteiger partial charge in [0.15, 0.2) is 0 Å². The van der Waals surface area contributed by atoms with Crippen LogP contribution in [0.15, 0.2) is 42.5 Å². The van der Waals surface area contributed by atoms with Crippen LogP contribution in [-0.4, -0.2) is 30.0 Å². The first-order chi connectivity index (χ1) is 13.0. The topological polar surface area (TPSA) is 90.7 Å². The van der Waals surface area contributed by atoms with E-state index in [9.17, 15) is 36.9 Å². The third kappa shape index (κ3) is 4.52. The number of amides is 1. The molecule has 2 aromatic carbocycles. The van der Waals surface area contributed by atoms with E-state index in [0.717, 1.165) is 24.3 Å². The Morgan fingerprint density at radius 3 is 2.18 bits per heavy atom. The van der Waals surface area contributed by atoms with Crippen molar-refractivity contribution in [2.24, 2.45) is 0 Å². The van der Waals surface area contributed by atoms with E-state index in [-0.39, 0.29) is 11.5 Å². The molecule has 1 amide bonds. The quantitative estimate of drug-likeness (QED) is 0.438. The van der Waals surface area contributed by atoms with Crippen LogP contribution in [0.1, 0.15) is 0 Å². The van der Waals surface area contributed by atoms with Gasteiger partial charge in [0.25, 0.3) is 11.6 Å². The minimum Gasteiger partial charge on any atom is -0.457 e. The first-order valence-electron chi connectivity index (χ1n) is 7.31. The maximum absolute atomic E-state index is 13.9. The molecular weight excluding hydrogens is 395 g/mol. The molecule has 0 saturated heterocycles. The third-order valence-electron chi connectivity index (χ3n) is 3.35. The molecule has 2 aromatic rings. The molecule has 0 saturated carbocycles. The van der Waals surface area contributed by atoms with Crippen molar-refractivity contribution in [3.63, 3.8) is 0 Å². The van der Waals surface area contributed by atoms with Gasteiger partial charge in [0.1, 0.15) is 17.3 Å². The molecule has 0 aromatic heterocycles. The van der Waals surface area contributed by atoms with Gasteiger partial charge in [-0.3, -0.25) is 14.9 Å². The lowest BCUT2D eigenvalue weighted by Crippen LogP contribution is -2.52. The molecule has 0 heterocycles. The number of anilines is 1. The van der Waals surface area contributed by atoms with E-state index in [1.54, 1.807) is 5.32 Å². The normalized spacial score (nSPS) is 13.5. The van der Waals surface area contributed by atoms with Crippen molar-refractivity contribution >= 4 is 17.3 Å². The molecule has 28 heavy (non-hydrogen) atoms. The van der Waals surface area contributed by atoms with Crippen LogP contribution >= 0.6 is 0 Å². The van der Waals surface area contributed by atoms with E-state index >= 15 is 0 Å². The van der Waals surface area contributed by atoms with Crippen LogP contribution in [0.4, 0.5) is 33.3 Å². The van der Waals surface area contributed by atoms with Crippen LogP contribution in [0.2, 0.25) is 0 Å². The Labute approximate surface area is 153 Å². The van der Waals surface area contributed by atoms with Crippen molar-refractivity contribution in [3.8, 4) is 11.5 Å². The molecule has 0 unspecified atom stereocenters. The second-order valence-corrected chi connectivity index (χ2v) is 5.28. The van der Waals surface area contributed by atoms with Crippen LogP contribution in [0.5, 0.6) is 11.5 Å². The standard InChI is InChI=1S/C16H11F5N2O5/c1-27-15(18,16(19,20)21)14(24)22-10-6-11(23(25)26)8-13(7-10)28-12-4-2-9(17)3-5-12/h2-8H,1H3,(H,22,24)/t15-/m0/s1. The average Bonchev–Trinajstić information content (AvgIpc) is 2.61. The Morgan fingerprint density at radius 2 is 1.68 bits per heavy atom. The number of benzene rings is 2. The molecule has 0 spiro atoms. The number of nitro benzene ring substituents is 1. The fraction of sp³-hybridized carbons (Fsp3) is 0.188. The van der Waals surface area contributed by atoms with Crippen molar-refractivity contribution in [1.29, 1.82) is 0 Å². The number of nitrogens with zero attached hydrogens (tertiary/aromatic N) is 1. The zero-order valence-corrected chi connectivity index (χ0v) is 13.9. The number of ether oxygens (including phenoxy) is 2. The van der Waals surface area contributed by atoms with Crippen molar-refractivity contribution in [1.82, 2.24) is 0 Å². The number of halogens is 5. The summed E-state index contributed by atoms with van der Waals surface area (Å²) in [5.74, 6) is -7.72. The number of rotatable bonds is 6. The summed E-state index contributed by atoms with van der Waals surface area (Å²) in [4.78, 5) is 21.8. The summed E-state index contributed by atoms with van der Waals surface area (Å²) < 4.78 is 73.9. The molecule has 0 aliphatic carbocycles. The lowest BCUT2D eigenvalue weighted by Gasteiger charge is -2.24. The number of carbonyl (C=O) groups is 1. The number of hydrogen-bond donors (Lipinski definition) is 1. The second-order valence-electron chi connectivity index (χ2n) is 5.28. The van der Waals surface area contributed by atoms with Gasteiger partial charge in [-0.25, -0.2) is 4.39 Å². The number of nitro groups is 1. The van der Waals surface area contributed by atoms with E-state index in [1.807, 2.05) is 0 Å². The molecule has 0 fully saturated rings. The van der Waals surface area contributed by atoms with Crippen molar-refractivity contribution in [3.05, 3.63) is 58.4 Å². The highest BCUT2D eigenvalue weighted by atomic mass is 19.4. The predicted molar refractivity (Wildman–Crippen MR) is 85.1 cm³/mol. The molecule has 1 N–H and O–H groups in total. The van der Waals surface area contributed by atoms with Gasteiger partial charge >= 0.3 is 12.0 Å². The second kappa shape index (κ2) is 7.76. The highest BCUT2D eigenvalue weighted by Gasteiger charge is 2.63. The summed E-state index contributed by atoms with van der Waals surface area (Å²) in [5, 5.41) is 12.6. The Morgan fingerprint density at radius 1 is 1.07 bits per heavy atom. The molecular formula is C16H11F5N2O5. The number of hydrogen-bond acceptors (Lipinski definition) is 5. The zero-order valence-electron chi connectivity index (χ0n) is 13.9. The van der Waals surface area contributed by atoms with Crippen molar-refractivity contribution in [2.45, 2.75) is 12.0 Å². The molecule has 12 heteroatoms. The van der Waals surface area contributed by atoms with Gasteiger partial charge in [-0.1, -0.05) is 0 Å². The molecule has 150 valence electrons. The first kappa shape index (κ1) is 21.0. The minimum absolute atomic E-state index is 0.0474. The zero-order chi connectivity index (χ0) is 21.1. The van der Waals surface area contributed by atoms with Gasteiger partial charge in [0.2, 0.25) is 0 Å². The smallest absolute Gasteiger partial charge is 0.457 e. The highest BCUT2D eigenvalue weighted by molar-refractivity contribution is 5.97. The number of non-ortho nitro benzene ring substituents is 1. The molecule has 2 rings (SSSR count). The lowest BCUT2D eigenvalue weighted by molar-refractivity contribution is -0.384. The lowest BCUT2D eigenvalue weighted by atomic mass is 10.2. The van der Waals surface area contributed by atoms with Crippen molar-refractivity contribution < 1.29 is 41.1 Å². The first-order valence-corrected chi connectivity index (χ1v) is 7.31. The van der Waals surface area contributed by atoms with Gasteiger partial charge in [-0.15, -0.1) is 0 Å². The van der Waals surface area contributed by atoms with E-state index in [1.165, 1.54) is 12.1 Å². The summed E-state index contributed by atoms with van der Waals surface area (Å²) in [6.07, 6.45) is -5.69. The monoisotopic (exact) mass is 406 g/mol. The molecule has 0 bridgehead atoms. The summed E-state index contributed by atoms with van der Waals surface area (Å²) >= 11 is 0. The van der Waals surface area contributed by atoms with Gasteiger partial charge in [-0.2, -0.15) is 17.6 Å². The van der Waals surface area contributed by atoms with E-state index < -0.39 is 40.1 Å². The molecule has 1 atom stereocenters. The fourth-order valence-electron chi connectivity index (χ4n) is 2.01. The highest BCUT2D eigenvalue weighted by Crippen LogP contribution is 2.36. The third-order valence-corrected chi connectivity index (χ3v) is 3.35. The van der Waals surface area contributed by atoms with E-state index in [4.69, 9.17) is 4.74 Å². The molecule has 0 radical (unpaired) electrons. The largest absolute Gasteiger partial charge is 0.458 e. The minimum atomic E-state index is -5.69. The van der Waals surface area contributed by atoms with Crippen LogP contribution in [0, 0.1) is 15.9 Å². The molecule has 0 aliphatic rings. The summed E-state index contributed by atoms with van der Waals surface area (Å²) in [5.41, 5.74) is -1.22. The Balaban J connectivity index is 2.36. The number of nitrogens with one attached hydrogen (secondary N) is 1. The molecule has 0 aliphatic heterocycles. The predicted octanol–water partition coefficient (Wildman–Crippen LogP) is 4.34. The SMILES string of the molecule is CO[C@@](F)(C(=O)Nc1cc(Oc2ccc(F)cc2)cc([N+](=O)[O-])c1)C(F)(F)F. The fourth-order valence-corrected chi connectivity index (χ4v) is 2.01. The van der Waals surface area contributed by atoms with Gasteiger partial charge in [-0.05, 0) is 24.3 Å². The van der Waals surface area contributed by atoms with Crippen molar-refractivity contribution in [2.75, 3.05) is 12.4 Å². The van der Waals surface area contributed by atoms with Crippen LogP contribution < -0.4 is 10.1 Å². The van der Waals surface area contributed by atoms with Crippen LogP contribution in [-0.2, 0) is 9.53 Å². The summed E-state index contributed by atoms with van der Waals surface area (Å²) in [7, 11) is 0.337. The van der Waals surface area contributed by atoms with Gasteiger partial charge in [0.05, 0.1) is 16.7 Å². The number of methoxy groups -OCH3 is 1. The summed E-state index contributed by atoms with van der Waals surface area (Å²) in [6.45, 7) is 0. The summed E-state index contributed by atoms with van der Waals surface area (Å²) in [6, 6.07) is 6.97. The maximum atomic E-state index is 13.9. The Hall–Kier alpha value is -3.28. The Bertz CT molecular complexity index is 888. The van der Waals surface area contributed by atoms with E-state index in [0.29, 0.717) is 13.2 Å². The van der Waals surface area contributed by atoms with Gasteiger partial charge in [0, 0.05) is 19.2 Å².